The minimum atomic E-state index is 0.343. The van der Waals surface area contributed by atoms with Crippen LogP contribution in [-0.4, -0.2) is 13.7 Å². The zero-order chi connectivity index (χ0) is 15.1. The molecule has 1 atom stereocenters. The van der Waals surface area contributed by atoms with E-state index in [2.05, 4.69) is 71.2 Å². The second kappa shape index (κ2) is 8.39. The zero-order valence-corrected chi connectivity index (χ0v) is 14.8. The third kappa shape index (κ3) is 5.00. The Morgan fingerprint density at radius 2 is 1.71 bits per heavy atom. The van der Waals surface area contributed by atoms with E-state index in [1.807, 2.05) is 12.1 Å². The second-order valence-corrected chi connectivity index (χ2v) is 6.36. The van der Waals surface area contributed by atoms with Crippen LogP contribution >= 0.6 is 22.6 Å². The van der Waals surface area contributed by atoms with Crippen LogP contribution in [0.4, 0.5) is 0 Å². The lowest BCUT2D eigenvalue weighted by molar-refractivity contribution is 0.414. The van der Waals surface area contributed by atoms with E-state index in [1.54, 1.807) is 7.11 Å². The Kier molecular flexibility index (Phi) is 6.51. The molecule has 0 aromatic heterocycles. The molecule has 1 unspecified atom stereocenters. The Hall–Kier alpha value is -1.07. The summed E-state index contributed by atoms with van der Waals surface area (Å²) in [6.45, 7) is 3.23. The first kappa shape index (κ1) is 16.3. The minimum absolute atomic E-state index is 0.343. The molecule has 0 radical (unpaired) electrons. The molecule has 0 saturated heterocycles. The van der Waals surface area contributed by atoms with Gasteiger partial charge < -0.3 is 10.1 Å². The summed E-state index contributed by atoms with van der Waals surface area (Å²) in [5.41, 5.74) is 2.67. The number of rotatable bonds is 7. The Morgan fingerprint density at radius 3 is 2.29 bits per heavy atom. The van der Waals surface area contributed by atoms with Gasteiger partial charge in [0.1, 0.15) is 5.75 Å². The fraction of sp³-hybridized carbons (Fsp3) is 0.333. The van der Waals surface area contributed by atoms with Crippen LogP contribution in [0.5, 0.6) is 5.75 Å². The number of methoxy groups -OCH3 is 1. The highest BCUT2D eigenvalue weighted by Gasteiger charge is 2.11. The van der Waals surface area contributed by atoms with Crippen LogP contribution < -0.4 is 10.1 Å². The highest BCUT2D eigenvalue weighted by molar-refractivity contribution is 14.1. The van der Waals surface area contributed by atoms with Gasteiger partial charge in [-0.2, -0.15) is 0 Å². The number of halogens is 1. The molecule has 0 heterocycles. The van der Waals surface area contributed by atoms with Gasteiger partial charge in [-0.25, -0.2) is 0 Å². The summed E-state index contributed by atoms with van der Waals surface area (Å²) in [4.78, 5) is 0. The molecule has 0 fully saturated rings. The average molecular weight is 395 g/mol. The normalized spacial score (nSPS) is 12.1. The van der Waals surface area contributed by atoms with Crippen molar-refractivity contribution in [3.05, 3.63) is 63.2 Å². The predicted octanol–water partition coefficient (Wildman–Crippen LogP) is 4.58. The monoisotopic (exact) mass is 395 g/mol. The SMILES string of the molecule is CCCNC(Cc1ccc(I)cc1)c1ccc(OC)cc1. The maximum atomic E-state index is 5.24. The molecule has 1 N–H and O–H groups in total. The van der Waals surface area contributed by atoms with E-state index >= 15 is 0 Å². The topological polar surface area (TPSA) is 21.3 Å². The average Bonchev–Trinajstić information content (AvgIpc) is 2.53. The van der Waals surface area contributed by atoms with Crippen LogP contribution in [-0.2, 0) is 6.42 Å². The fourth-order valence-corrected chi connectivity index (χ4v) is 2.68. The molecule has 2 aromatic rings. The molecule has 0 aliphatic carbocycles. The van der Waals surface area contributed by atoms with Gasteiger partial charge in [-0.1, -0.05) is 31.2 Å². The molecular weight excluding hydrogens is 373 g/mol. The largest absolute Gasteiger partial charge is 0.497 e. The van der Waals surface area contributed by atoms with Crippen molar-refractivity contribution in [3.8, 4) is 5.75 Å². The van der Waals surface area contributed by atoms with E-state index in [9.17, 15) is 0 Å². The maximum Gasteiger partial charge on any atom is 0.118 e. The molecule has 0 bridgehead atoms. The molecule has 2 nitrogen and oxygen atoms in total. The van der Waals surface area contributed by atoms with Gasteiger partial charge in [0.2, 0.25) is 0 Å². The molecule has 3 heteroatoms. The number of nitrogens with one attached hydrogen (secondary N) is 1. The van der Waals surface area contributed by atoms with Crippen molar-refractivity contribution in [1.29, 1.82) is 0 Å². The van der Waals surface area contributed by atoms with E-state index in [4.69, 9.17) is 4.74 Å². The Labute approximate surface area is 141 Å². The third-order valence-corrected chi connectivity index (χ3v) is 4.23. The lowest BCUT2D eigenvalue weighted by Crippen LogP contribution is -2.24. The molecular formula is C18H22INO. The van der Waals surface area contributed by atoms with Gasteiger partial charge in [0.15, 0.2) is 0 Å². The fourth-order valence-electron chi connectivity index (χ4n) is 2.32. The van der Waals surface area contributed by atoms with E-state index in [1.165, 1.54) is 14.7 Å². The van der Waals surface area contributed by atoms with Crippen LogP contribution in [0.15, 0.2) is 48.5 Å². The van der Waals surface area contributed by atoms with E-state index in [0.29, 0.717) is 6.04 Å². The van der Waals surface area contributed by atoms with Crippen LogP contribution in [0.3, 0.4) is 0 Å². The number of hydrogen-bond donors (Lipinski definition) is 1. The Bertz CT molecular complexity index is 536. The van der Waals surface area contributed by atoms with Crippen molar-refractivity contribution >= 4 is 22.6 Å². The van der Waals surface area contributed by atoms with Crippen molar-refractivity contribution in [2.45, 2.75) is 25.8 Å². The van der Waals surface area contributed by atoms with Crippen LogP contribution in [0.25, 0.3) is 0 Å². The van der Waals surface area contributed by atoms with Crippen LogP contribution in [0.1, 0.15) is 30.5 Å². The molecule has 2 aromatic carbocycles. The van der Waals surface area contributed by atoms with Crippen molar-refractivity contribution in [2.75, 3.05) is 13.7 Å². The van der Waals surface area contributed by atoms with E-state index in [0.717, 1.165) is 25.1 Å². The Morgan fingerprint density at radius 1 is 1.05 bits per heavy atom. The Balaban J connectivity index is 2.14. The smallest absolute Gasteiger partial charge is 0.118 e. The van der Waals surface area contributed by atoms with Gasteiger partial charge in [-0.15, -0.1) is 0 Å². The van der Waals surface area contributed by atoms with Gasteiger partial charge >= 0.3 is 0 Å². The molecule has 0 amide bonds. The quantitative estimate of drug-likeness (QED) is 0.693. The number of ether oxygens (including phenoxy) is 1. The summed E-state index contributed by atoms with van der Waals surface area (Å²) in [6.07, 6.45) is 2.14. The van der Waals surface area contributed by atoms with Crippen molar-refractivity contribution < 1.29 is 4.74 Å². The molecule has 0 aliphatic rings. The maximum absolute atomic E-state index is 5.24. The van der Waals surface area contributed by atoms with Crippen molar-refractivity contribution in [3.63, 3.8) is 0 Å². The first-order valence-corrected chi connectivity index (χ1v) is 8.42. The summed E-state index contributed by atoms with van der Waals surface area (Å²) in [5.74, 6) is 0.905. The summed E-state index contributed by atoms with van der Waals surface area (Å²) in [5, 5.41) is 3.64. The summed E-state index contributed by atoms with van der Waals surface area (Å²) < 4.78 is 6.52. The van der Waals surface area contributed by atoms with Crippen molar-refractivity contribution in [1.82, 2.24) is 5.32 Å². The first-order valence-electron chi connectivity index (χ1n) is 7.34. The molecule has 0 saturated carbocycles. The molecule has 0 spiro atoms. The zero-order valence-electron chi connectivity index (χ0n) is 12.6. The summed E-state index contributed by atoms with van der Waals surface area (Å²) in [7, 11) is 1.70. The molecule has 112 valence electrons. The van der Waals surface area contributed by atoms with Gasteiger partial charge in [0.25, 0.3) is 0 Å². The van der Waals surface area contributed by atoms with E-state index < -0.39 is 0 Å². The summed E-state index contributed by atoms with van der Waals surface area (Å²) >= 11 is 2.34. The highest BCUT2D eigenvalue weighted by atomic mass is 127. The van der Waals surface area contributed by atoms with E-state index in [-0.39, 0.29) is 0 Å². The lowest BCUT2D eigenvalue weighted by atomic mass is 9.98. The molecule has 0 aliphatic heterocycles. The van der Waals surface area contributed by atoms with Crippen molar-refractivity contribution in [2.24, 2.45) is 0 Å². The van der Waals surface area contributed by atoms with Gasteiger partial charge in [0.05, 0.1) is 7.11 Å². The molecule has 2 rings (SSSR count). The summed E-state index contributed by atoms with van der Waals surface area (Å²) in [6, 6.07) is 17.5. The first-order chi connectivity index (χ1) is 10.2. The van der Waals surface area contributed by atoms with Gasteiger partial charge in [-0.3, -0.25) is 0 Å². The van der Waals surface area contributed by atoms with Gasteiger partial charge in [0, 0.05) is 9.61 Å². The minimum Gasteiger partial charge on any atom is -0.497 e. The van der Waals surface area contributed by atoms with Gasteiger partial charge in [-0.05, 0) is 77.4 Å². The predicted molar refractivity (Wildman–Crippen MR) is 96.9 cm³/mol. The lowest BCUT2D eigenvalue weighted by Gasteiger charge is -2.19. The molecule has 21 heavy (non-hydrogen) atoms. The van der Waals surface area contributed by atoms with Crippen LogP contribution in [0, 0.1) is 3.57 Å². The highest BCUT2D eigenvalue weighted by Crippen LogP contribution is 2.22. The number of benzene rings is 2. The van der Waals surface area contributed by atoms with Crippen LogP contribution in [0.2, 0.25) is 0 Å². The second-order valence-electron chi connectivity index (χ2n) is 5.11. The third-order valence-electron chi connectivity index (χ3n) is 3.51. The number of hydrogen-bond acceptors (Lipinski definition) is 2. The standard InChI is InChI=1S/C18H22INO/c1-3-12-20-18(13-14-4-8-16(19)9-5-14)15-6-10-17(21-2)11-7-15/h4-11,18,20H,3,12-13H2,1-2H3.